The van der Waals surface area contributed by atoms with Crippen LogP contribution in [0.2, 0.25) is 0 Å². The average Bonchev–Trinajstić information content (AvgIpc) is 2.88. The molecule has 3 N–H and O–H groups in total. The fourth-order valence-corrected chi connectivity index (χ4v) is 1.95. The SMILES string of the molecule is O=C(NCc1[nH]nc2ncccc12)c1cccc(O)c1. The molecule has 3 aromatic rings. The van der Waals surface area contributed by atoms with Gasteiger partial charge in [-0.25, -0.2) is 4.98 Å². The number of hydrogen-bond acceptors (Lipinski definition) is 4. The predicted molar refractivity (Wildman–Crippen MR) is 73.2 cm³/mol. The Morgan fingerprint density at radius 1 is 1.30 bits per heavy atom. The van der Waals surface area contributed by atoms with Crippen LogP contribution in [0, 0.1) is 0 Å². The Kier molecular flexibility index (Phi) is 3.04. The quantitative estimate of drug-likeness (QED) is 0.672. The Hall–Kier alpha value is -2.89. The number of aromatic nitrogens is 3. The van der Waals surface area contributed by atoms with Gasteiger partial charge in [0.1, 0.15) is 5.75 Å². The minimum atomic E-state index is -0.257. The number of aromatic amines is 1. The third-order valence-electron chi connectivity index (χ3n) is 2.94. The number of hydrogen-bond donors (Lipinski definition) is 3. The molecule has 0 aliphatic rings. The van der Waals surface area contributed by atoms with Crippen LogP contribution in [0.15, 0.2) is 42.6 Å². The number of aromatic hydroxyl groups is 1. The van der Waals surface area contributed by atoms with Crippen molar-refractivity contribution in [2.24, 2.45) is 0 Å². The van der Waals surface area contributed by atoms with Crippen molar-refractivity contribution >= 4 is 16.9 Å². The molecular formula is C14H12N4O2. The highest BCUT2D eigenvalue weighted by Crippen LogP contribution is 2.13. The molecule has 0 radical (unpaired) electrons. The van der Waals surface area contributed by atoms with E-state index >= 15 is 0 Å². The van der Waals surface area contributed by atoms with Crippen LogP contribution in [0.1, 0.15) is 16.1 Å². The zero-order valence-electron chi connectivity index (χ0n) is 10.5. The molecule has 100 valence electrons. The number of amides is 1. The smallest absolute Gasteiger partial charge is 0.251 e. The lowest BCUT2D eigenvalue weighted by Gasteiger charge is -2.04. The van der Waals surface area contributed by atoms with Crippen LogP contribution in [0.3, 0.4) is 0 Å². The summed E-state index contributed by atoms with van der Waals surface area (Å²) in [5, 5.41) is 19.9. The molecule has 0 atom stereocenters. The Bertz CT molecular complexity index is 766. The summed E-state index contributed by atoms with van der Waals surface area (Å²) in [7, 11) is 0. The second kappa shape index (κ2) is 5.00. The molecule has 0 saturated carbocycles. The summed E-state index contributed by atoms with van der Waals surface area (Å²) in [6.45, 7) is 0.316. The Morgan fingerprint density at radius 3 is 3.05 bits per heavy atom. The largest absolute Gasteiger partial charge is 0.508 e. The van der Waals surface area contributed by atoms with Gasteiger partial charge in [-0.3, -0.25) is 9.89 Å². The first-order valence-electron chi connectivity index (χ1n) is 6.09. The molecule has 2 heterocycles. The molecule has 0 aliphatic carbocycles. The van der Waals surface area contributed by atoms with Crippen LogP contribution in [-0.4, -0.2) is 26.2 Å². The van der Waals surface area contributed by atoms with Crippen molar-refractivity contribution < 1.29 is 9.90 Å². The zero-order valence-corrected chi connectivity index (χ0v) is 10.5. The van der Waals surface area contributed by atoms with Crippen molar-refractivity contribution in [3.8, 4) is 5.75 Å². The van der Waals surface area contributed by atoms with Gasteiger partial charge in [-0.2, -0.15) is 5.10 Å². The molecule has 0 saturated heterocycles. The molecule has 3 rings (SSSR count). The van der Waals surface area contributed by atoms with Gasteiger partial charge in [0, 0.05) is 17.1 Å². The minimum absolute atomic E-state index is 0.0637. The number of nitrogens with zero attached hydrogens (tertiary/aromatic N) is 2. The predicted octanol–water partition coefficient (Wildman–Crippen LogP) is 1.59. The highest BCUT2D eigenvalue weighted by atomic mass is 16.3. The summed E-state index contributed by atoms with van der Waals surface area (Å²) in [6, 6.07) is 9.91. The highest BCUT2D eigenvalue weighted by Gasteiger charge is 2.09. The van der Waals surface area contributed by atoms with E-state index in [1.807, 2.05) is 12.1 Å². The average molecular weight is 268 g/mol. The van der Waals surface area contributed by atoms with Gasteiger partial charge >= 0.3 is 0 Å². The Balaban J connectivity index is 1.75. The topological polar surface area (TPSA) is 90.9 Å². The van der Waals surface area contributed by atoms with Crippen LogP contribution < -0.4 is 5.32 Å². The zero-order chi connectivity index (χ0) is 13.9. The molecular weight excluding hydrogens is 256 g/mol. The first-order chi connectivity index (χ1) is 9.74. The molecule has 0 unspecified atom stereocenters. The maximum Gasteiger partial charge on any atom is 0.251 e. The van der Waals surface area contributed by atoms with Crippen molar-refractivity contribution in [2.45, 2.75) is 6.54 Å². The van der Waals surface area contributed by atoms with Crippen molar-refractivity contribution in [2.75, 3.05) is 0 Å². The van der Waals surface area contributed by atoms with Gasteiger partial charge in [0.2, 0.25) is 0 Å². The van der Waals surface area contributed by atoms with Crippen molar-refractivity contribution in [1.29, 1.82) is 0 Å². The summed E-state index contributed by atoms with van der Waals surface area (Å²) in [5.41, 5.74) is 1.82. The Labute approximate surface area is 114 Å². The number of phenols is 1. The van der Waals surface area contributed by atoms with Crippen LogP contribution in [0.25, 0.3) is 11.0 Å². The summed E-state index contributed by atoms with van der Waals surface area (Å²) in [4.78, 5) is 16.1. The van der Waals surface area contributed by atoms with Gasteiger partial charge in [-0.1, -0.05) is 6.07 Å². The number of nitrogens with one attached hydrogen (secondary N) is 2. The monoisotopic (exact) mass is 268 g/mol. The van der Waals surface area contributed by atoms with E-state index in [0.717, 1.165) is 11.1 Å². The number of carbonyl (C=O) groups is 1. The summed E-state index contributed by atoms with van der Waals surface area (Å²) < 4.78 is 0. The van der Waals surface area contributed by atoms with E-state index in [0.29, 0.717) is 17.8 Å². The maximum atomic E-state index is 12.0. The van der Waals surface area contributed by atoms with Crippen LogP contribution >= 0.6 is 0 Å². The van der Waals surface area contributed by atoms with Crippen LogP contribution in [-0.2, 0) is 6.54 Å². The second-order valence-corrected chi connectivity index (χ2v) is 4.31. The molecule has 2 aromatic heterocycles. The lowest BCUT2D eigenvalue weighted by Crippen LogP contribution is -2.22. The van der Waals surface area contributed by atoms with E-state index in [9.17, 15) is 9.90 Å². The number of rotatable bonds is 3. The number of carbonyl (C=O) groups excluding carboxylic acids is 1. The van der Waals surface area contributed by atoms with Gasteiger partial charge in [-0.05, 0) is 30.3 Å². The van der Waals surface area contributed by atoms with E-state index in [1.54, 1.807) is 18.3 Å². The standard InChI is InChI=1S/C14H12N4O2/c19-10-4-1-3-9(7-10)14(20)16-8-12-11-5-2-6-15-13(11)18-17-12/h1-7,19H,8H2,(H,16,20)(H,15,17,18). The van der Waals surface area contributed by atoms with Gasteiger partial charge in [0.25, 0.3) is 5.91 Å². The second-order valence-electron chi connectivity index (χ2n) is 4.31. The fourth-order valence-electron chi connectivity index (χ4n) is 1.95. The van der Waals surface area contributed by atoms with Gasteiger partial charge in [0.15, 0.2) is 5.65 Å². The van der Waals surface area contributed by atoms with Crippen molar-refractivity contribution in [1.82, 2.24) is 20.5 Å². The van der Waals surface area contributed by atoms with E-state index in [1.165, 1.54) is 12.1 Å². The third kappa shape index (κ3) is 2.31. The van der Waals surface area contributed by atoms with E-state index in [4.69, 9.17) is 0 Å². The van der Waals surface area contributed by atoms with Crippen LogP contribution in [0.4, 0.5) is 0 Å². The lowest BCUT2D eigenvalue weighted by molar-refractivity contribution is 0.0950. The highest BCUT2D eigenvalue weighted by molar-refractivity contribution is 5.94. The molecule has 1 aromatic carbocycles. The van der Waals surface area contributed by atoms with Gasteiger partial charge < -0.3 is 10.4 Å². The molecule has 0 bridgehead atoms. The summed E-state index contributed by atoms with van der Waals surface area (Å²) >= 11 is 0. The van der Waals surface area contributed by atoms with Gasteiger partial charge in [-0.15, -0.1) is 0 Å². The first kappa shape index (κ1) is 12.2. The molecule has 0 fully saturated rings. The summed E-state index contributed by atoms with van der Waals surface area (Å²) in [5.74, 6) is -0.193. The molecule has 6 nitrogen and oxygen atoms in total. The minimum Gasteiger partial charge on any atom is -0.508 e. The van der Waals surface area contributed by atoms with Crippen molar-refractivity contribution in [3.63, 3.8) is 0 Å². The number of H-pyrrole nitrogens is 1. The lowest BCUT2D eigenvalue weighted by atomic mass is 10.2. The first-order valence-corrected chi connectivity index (χ1v) is 6.09. The normalized spacial score (nSPS) is 10.6. The fraction of sp³-hybridized carbons (Fsp3) is 0.0714. The molecule has 6 heteroatoms. The van der Waals surface area contributed by atoms with E-state index < -0.39 is 0 Å². The van der Waals surface area contributed by atoms with Gasteiger partial charge in [0.05, 0.1) is 12.2 Å². The molecule has 0 spiro atoms. The third-order valence-corrected chi connectivity index (χ3v) is 2.94. The van der Waals surface area contributed by atoms with Crippen molar-refractivity contribution in [3.05, 3.63) is 53.9 Å². The van der Waals surface area contributed by atoms with E-state index in [-0.39, 0.29) is 11.7 Å². The molecule has 1 amide bonds. The maximum absolute atomic E-state index is 12.0. The number of phenolic OH excluding ortho intramolecular Hbond substituents is 1. The number of fused-ring (bicyclic) bond motifs is 1. The summed E-state index contributed by atoms with van der Waals surface area (Å²) in [6.07, 6.45) is 1.66. The molecule has 0 aliphatic heterocycles. The van der Waals surface area contributed by atoms with E-state index in [2.05, 4.69) is 20.5 Å². The Morgan fingerprint density at radius 2 is 2.20 bits per heavy atom. The van der Waals surface area contributed by atoms with Crippen LogP contribution in [0.5, 0.6) is 5.75 Å². The molecule has 20 heavy (non-hydrogen) atoms. The number of benzene rings is 1. The number of pyridine rings is 1.